The first kappa shape index (κ1) is 25.4. The van der Waals surface area contributed by atoms with Gasteiger partial charge in [0.15, 0.2) is 0 Å². The summed E-state index contributed by atoms with van der Waals surface area (Å²) in [7, 11) is 0. The summed E-state index contributed by atoms with van der Waals surface area (Å²) in [4.78, 5) is 23.8. The Labute approximate surface area is 223 Å². The molecule has 1 aromatic heterocycles. The molecule has 2 fully saturated rings. The number of hydrogen-bond donors (Lipinski definition) is 2. The lowest BCUT2D eigenvalue weighted by Gasteiger charge is -2.37. The van der Waals surface area contributed by atoms with E-state index in [0.717, 1.165) is 70.4 Å². The number of aromatic nitrogens is 1. The Morgan fingerprint density at radius 2 is 1.65 bits per heavy atom. The van der Waals surface area contributed by atoms with Crippen LogP contribution in [0.25, 0.3) is 0 Å². The number of urea groups is 1. The van der Waals surface area contributed by atoms with Gasteiger partial charge in [0, 0.05) is 74.6 Å². The van der Waals surface area contributed by atoms with E-state index in [0.29, 0.717) is 5.69 Å². The molecule has 10 heteroatoms. The van der Waals surface area contributed by atoms with Crippen molar-refractivity contribution in [1.82, 2.24) is 19.7 Å². The molecule has 0 atom stereocenters. The molecule has 2 amide bonds. The Morgan fingerprint density at radius 1 is 0.919 bits per heavy atom. The maximum Gasteiger partial charge on any atom is 0.323 e. The Bertz CT molecular complexity index is 1100. The average molecular weight is 522 g/mol. The van der Waals surface area contributed by atoms with Crippen LogP contribution in [-0.4, -0.2) is 84.7 Å². The minimum Gasteiger partial charge on any atom is -0.378 e. The number of amides is 2. The summed E-state index contributed by atoms with van der Waals surface area (Å²) in [5, 5.41) is 6.97. The molecule has 9 nitrogen and oxygen atoms in total. The number of benzene rings is 1. The van der Waals surface area contributed by atoms with E-state index in [1.54, 1.807) is 36.5 Å². The van der Waals surface area contributed by atoms with E-state index >= 15 is 0 Å². The summed E-state index contributed by atoms with van der Waals surface area (Å²) in [6.45, 7) is 11.0. The summed E-state index contributed by atoms with van der Waals surface area (Å²) in [5.41, 5.74) is 3.74. The summed E-state index contributed by atoms with van der Waals surface area (Å²) in [6.07, 6.45) is 9.05. The highest BCUT2D eigenvalue weighted by Gasteiger charge is 2.25. The molecule has 3 aliphatic heterocycles. The van der Waals surface area contributed by atoms with E-state index in [-0.39, 0.29) is 6.03 Å². The molecule has 5 rings (SSSR count). The number of nitrogens with one attached hydrogen (secondary N) is 2. The van der Waals surface area contributed by atoms with Crippen molar-refractivity contribution in [3.63, 3.8) is 0 Å². The standard InChI is InChI=1S/C27H35N7O2S/c1-2-31-12-3-13-32(15-14-31)25-20-26(33-16-18-36-19-17-33)37-34(21-25)24-6-4-22(5-7-24)29-27(35)30-23-8-10-28-11-9-23/h4-11,20-21H,2-3,12-19H2,1H3,(H2,28,29,30,35). The smallest absolute Gasteiger partial charge is 0.323 e. The van der Waals surface area contributed by atoms with Crippen LogP contribution in [0.4, 0.5) is 21.9 Å². The van der Waals surface area contributed by atoms with E-state index in [4.69, 9.17) is 4.74 Å². The molecule has 0 radical (unpaired) electrons. The number of likely N-dealkylation sites (N-methyl/N-ethyl adjacent to an activating group) is 1. The van der Waals surface area contributed by atoms with Crippen LogP contribution in [0.1, 0.15) is 13.3 Å². The van der Waals surface area contributed by atoms with Crippen molar-refractivity contribution in [3.8, 4) is 0 Å². The van der Waals surface area contributed by atoms with Crippen LogP contribution in [0, 0.1) is 0 Å². The van der Waals surface area contributed by atoms with Crippen molar-refractivity contribution in [1.29, 1.82) is 0 Å². The van der Waals surface area contributed by atoms with Gasteiger partial charge >= 0.3 is 6.03 Å². The van der Waals surface area contributed by atoms with Crippen molar-refractivity contribution < 1.29 is 9.53 Å². The maximum absolute atomic E-state index is 12.4. The van der Waals surface area contributed by atoms with Gasteiger partial charge in [-0.2, -0.15) is 0 Å². The fourth-order valence-corrected chi connectivity index (χ4v) is 5.70. The summed E-state index contributed by atoms with van der Waals surface area (Å²) in [6, 6.07) is 11.2. The zero-order chi connectivity index (χ0) is 25.5. The molecule has 37 heavy (non-hydrogen) atoms. The molecule has 2 aromatic rings. The number of carbonyl (C=O) groups is 1. The Morgan fingerprint density at radius 3 is 2.38 bits per heavy atom. The van der Waals surface area contributed by atoms with E-state index in [9.17, 15) is 4.79 Å². The topological polar surface area (TPSA) is 76.2 Å². The van der Waals surface area contributed by atoms with Crippen molar-refractivity contribution in [2.75, 3.05) is 74.0 Å². The van der Waals surface area contributed by atoms with Crippen molar-refractivity contribution in [2.24, 2.45) is 0 Å². The van der Waals surface area contributed by atoms with Crippen LogP contribution >= 0.6 is 11.9 Å². The molecule has 2 saturated heterocycles. The number of carbonyl (C=O) groups excluding carboxylic acids is 1. The van der Waals surface area contributed by atoms with E-state index in [1.807, 2.05) is 24.3 Å². The number of ether oxygens (including phenoxy) is 1. The number of hydrogen-bond acceptors (Lipinski definition) is 8. The number of nitrogens with zero attached hydrogens (tertiary/aromatic N) is 5. The molecular formula is C27H35N7O2S. The molecule has 3 aliphatic rings. The highest BCUT2D eigenvalue weighted by atomic mass is 32.2. The fraction of sp³-hybridized carbons (Fsp3) is 0.407. The Balaban J connectivity index is 1.30. The highest BCUT2D eigenvalue weighted by molar-refractivity contribution is 8.04. The third kappa shape index (κ3) is 6.76. The molecule has 0 saturated carbocycles. The van der Waals surface area contributed by atoms with E-state index in [1.165, 1.54) is 17.1 Å². The lowest BCUT2D eigenvalue weighted by Crippen LogP contribution is -2.37. The number of anilines is 3. The molecule has 4 heterocycles. The van der Waals surface area contributed by atoms with Gasteiger partial charge in [0.2, 0.25) is 0 Å². The maximum atomic E-state index is 12.4. The molecule has 0 unspecified atom stereocenters. The number of rotatable bonds is 6. The fourth-order valence-electron chi connectivity index (χ4n) is 4.64. The van der Waals surface area contributed by atoms with Gasteiger partial charge in [-0.1, -0.05) is 6.92 Å². The van der Waals surface area contributed by atoms with E-state index in [2.05, 4.69) is 53.8 Å². The molecule has 0 bridgehead atoms. The summed E-state index contributed by atoms with van der Waals surface area (Å²) >= 11 is 1.74. The van der Waals surface area contributed by atoms with Gasteiger partial charge in [0.05, 0.1) is 29.6 Å². The third-order valence-electron chi connectivity index (χ3n) is 6.75. The highest BCUT2D eigenvalue weighted by Crippen LogP contribution is 2.37. The normalized spacial score (nSPS) is 19.1. The first-order valence-corrected chi connectivity index (χ1v) is 13.7. The lowest BCUT2D eigenvalue weighted by molar-refractivity contribution is 0.0575. The number of morpholine rings is 1. The SMILES string of the molecule is CCN1CCCN(C2=CN(c3ccc(NC(=O)Nc4ccncc4)cc3)SC(N3CCOCC3)=C2)CC1. The van der Waals surface area contributed by atoms with Crippen molar-refractivity contribution in [3.05, 3.63) is 71.8 Å². The first-order chi connectivity index (χ1) is 18.2. The van der Waals surface area contributed by atoms with Gasteiger partial charge in [-0.3, -0.25) is 9.29 Å². The van der Waals surface area contributed by atoms with Gasteiger partial charge in [-0.25, -0.2) is 4.79 Å². The Kier molecular flexibility index (Phi) is 8.49. The minimum absolute atomic E-state index is 0.284. The van der Waals surface area contributed by atoms with Gasteiger partial charge in [0.1, 0.15) is 0 Å². The molecule has 0 spiro atoms. The zero-order valence-electron chi connectivity index (χ0n) is 21.3. The zero-order valence-corrected chi connectivity index (χ0v) is 22.1. The van der Waals surface area contributed by atoms with Crippen LogP contribution < -0.4 is 14.9 Å². The van der Waals surface area contributed by atoms with Crippen molar-refractivity contribution >= 4 is 35.0 Å². The second-order valence-corrected chi connectivity index (χ2v) is 10.2. The van der Waals surface area contributed by atoms with Crippen LogP contribution in [0.5, 0.6) is 0 Å². The molecular weight excluding hydrogens is 486 g/mol. The molecule has 196 valence electrons. The van der Waals surface area contributed by atoms with Crippen LogP contribution in [-0.2, 0) is 4.74 Å². The van der Waals surface area contributed by atoms with Crippen LogP contribution in [0.3, 0.4) is 0 Å². The Hall–Kier alpha value is -3.21. The van der Waals surface area contributed by atoms with Crippen LogP contribution in [0.2, 0.25) is 0 Å². The third-order valence-corrected chi connectivity index (χ3v) is 7.83. The molecule has 2 N–H and O–H groups in total. The van der Waals surface area contributed by atoms with Gasteiger partial charge in [-0.15, -0.1) is 0 Å². The number of pyridine rings is 1. The van der Waals surface area contributed by atoms with E-state index < -0.39 is 0 Å². The average Bonchev–Trinajstić information content (AvgIpc) is 3.20. The summed E-state index contributed by atoms with van der Waals surface area (Å²) in [5.74, 6) is 0. The lowest BCUT2D eigenvalue weighted by atomic mass is 10.2. The van der Waals surface area contributed by atoms with Gasteiger partial charge < -0.3 is 30.1 Å². The van der Waals surface area contributed by atoms with Crippen LogP contribution in [0.15, 0.2) is 71.8 Å². The first-order valence-electron chi connectivity index (χ1n) is 13.0. The largest absolute Gasteiger partial charge is 0.378 e. The van der Waals surface area contributed by atoms with Gasteiger partial charge in [-0.05, 0) is 62.0 Å². The predicted molar refractivity (Wildman–Crippen MR) is 150 cm³/mol. The minimum atomic E-state index is -0.284. The second kappa shape index (κ2) is 12.4. The van der Waals surface area contributed by atoms with Gasteiger partial charge in [0.25, 0.3) is 0 Å². The second-order valence-electron chi connectivity index (χ2n) is 9.19. The quantitative estimate of drug-likeness (QED) is 0.547. The molecule has 1 aromatic carbocycles. The summed E-state index contributed by atoms with van der Waals surface area (Å²) < 4.78 is 7.84. The molecule has 0 aliphatic carbocycles. The predicted octanol–water partition coefficient (Wildman–Crippen LogP) is 4.24. The van der Waals surface area contributed by atoms with Crippen molar-refractivity contribution in [2.45, 2.75) is 13.3 Å². The monoisotopic (exact) mass is 521 g/mol. The number of allylic oxidation sites excluding steroid dienone is 1.